The Balaban J connectivity index is 1.20. The fourth-order valence-corrected chi connectivity index (χ4v) is 7.54. The van der Waals surface area contributed by atoms with Crippen LogP contribution in [-0.4, -0.2) is 67.8 Å². The molecular weight excluding hydrogens is 617 g/mol. The van der Waals surface area contributed by atoms with E-state index in [9.17, 15) is 28.1 Å². The number of piperidine rings is 1. The molecule has 0 aliphatic carbocycles. The van der Waals surface area contributed by atoms with Gasteiger partial charge in [-0.2, -0.15) is 0 Å². The standard InChI is InChI=1S/C32H36FN5O7S/c33-24-10-9-23(25(19-24)38-14-4-5-18-46(38)43)20-34-28(40)26-27(39)29(41)37-13-6-17-45-32(30(37)35-26)11-15-36(16-12-32)31(42)44-21-22-7-2-1-3-8-22/h1-3,7-10,19,39H,4-6,11-18,20-21H2,(H,34,40). The lowest BCUT2D eigenvalue weighted by molar-refractivity contribution is -0.0894. The average Bonchev–Trinajstić information content (AvgIpc) is 3.24. The van der Waals surface area contributed by atoms with Crippen molar-refractivity contribution in [1.82, 2.24) is 19.8 Å². The van der Waals surface area contributed by atoms with Gasteiger partial charge in [0.15, 0.2) is 5.69 Å². The number of benzene rings is 2. The number of nitrogens with zero attached hydrogens (tertiary/aromatic N) is 4. The van der Waals surface area contributed by atoms with Crippen molar-refractivity contribution in [3.8, 4) is 5.75 Å². The smallest absolute Gasteiger partial charge is 0.410 e. The second-order valence-corrected chi connectivity index (χ2v) is 13.1. The third kappa shape index (κ3) is 6.49. The zero-order valence-corrected chi connectivity index (χ0v) is 26.1. The van der Waals surface area contributed by atoms with Gasteiger partial charge in [-0.25, -0.2) is 18.4 Å². The summed E-state index contributed by atoms with van der Waals surface area (Å²) in [5.41, 5.74) is -0.443. The molecule has 244 valence electrons. The van der Waals surface area contributed by atoms with Gasteiger partial charge < -0.3 is 24.8 Å². The van der Waals surface area contributed by atoms with Crippen molar-refractivity contribution >= 4 is 28.7 Å². The number of likely N-dealkylation sites (tertiary alicyclic amines) is 1. The van der Waals surface area contributed by atoms with Gasteiger partial charge in [-0.15, -0.1) is 0 Å². The summed E-state index contributed by atoms with van der Waals surface area (Å²) < 4.78 is 41.6. The second kappa shape index (κ2) is 13.6. The first-order valence-electron chi connectivity index (χ1n) is 15.4. The Morgan fingerprint density at radius 3 is 2.61 bits per heavy atom. The Hall–Kier alpha value is -4.30. The lowest BCUT2D eigenvalue weighted by Crippen LogP contribution is -2.49. The van der Waals surface area contributed by atoms with Gasteiger partial charge in [0.25, 0.3) is 11.5 Å². The molecule has 46 heavy (non-hydrogen) atoms. The van der Waals surface area contributed by atoms with Gasteiger partial charge in [0, 0.05) is 57.9 Å². The monoisotopic (exact) mass is 653 g/mol. The van der Waals surface area contributed by atoms with Crippen LogP contribution < -0.4 is 15.2 Å². The van der Waals surface area contributed by atoms with Crippen LogP contribution in [0.4, 0.5) is 14.9 Å². The topological polar surface area (TPSA) is 143 Å². The highest BCUT2D eigenvalue weighted by atomic mass is 32.2. The lowest BCUT2D eigenvalue weighted by atomic mass is 9.89. The lowest BCUT2D eigenvalue weighted by Gasteiger charge is -2.40. The molecule has 1 aromatic heterocycles. The number of ether oxygens (including phenoxy) is 2. The van der Waals surface area contributed by atoms with Gasteiger partial charge in [-0.1, -0.05) is 36.4 Å². The molecule has 14 heteroatoms. The van der Waals surface area contributed by atoms with Crippen molar-refractivity contribution < 1.29 is 32.8 Å². The summed E-state index contributed by atoms with van der Waals surface area (Å²) in [4.78, 5) is 45.8. The fourth-order valence-electron chi connectivity index (χ4n) is 6.14. The van der Waals surface area contributed by atoms with Crippen molar-refractivity contribution in [3.63, 3.8) is 0 Å². The highest BCUT2D eigenvalue weighted by Gasteiger charge is 2.44. The van der Waals surface area contributed by atoms with Crippen LogP contribution in [0.3, 0.4) is 0 Å². The molecule has 6 rings (SSSR count). The van der Waals surface area contributed by atoms with Crippen LogP contribution in [0.2, 0.25) is 0 Å². The number of aromatic nitrogens is 2. The second-order valence-electron chi connectivity index (χ2n) is 11.6. The summed E-state index contributed by atoms with van der Waals surface area (Å²) in [5, 5.41) is 13.5. The zero-order valence-electron chi connectivity index (χ0n) is 25.3. The number of anilines is 1. The van der Waals surface area contributed by atoms with E-state index in [0.717, 1.165) is 18.4 Å². The summed E-state index contributed by atoms with van der Waals surface area (Å²) in [6, 6.07) is 13.4. The molecule has 2 saturated heterocycles. The number of carbonyl (C=O) groups excluding carboxylic acids is 2. The van der Waals surface area contributed by atoms with E-state index in [1.165, 1.54) is 22.8 Å². The van der Waals surface area contributed by atoms with E-state index in [1.807, 2.05) is 30.3 Å². The van der Waals surface area contributed by atoms with E-state index in [1.54, 1.807) is 9.21 Å². The van der Waals surface area contributed by atoms with Gasteiger partial charge in [-0.05, 0) is 42.5 Å². The number of hydrogen-bond donors (Lipinski definition) is 2. The molecule has 2 amide bonds. The molecule has 0 saturated carbocycles. The van der Waals surface area contributed by atoms with Crippen LogP contribution in [0.5, 0.6) is 5.75 Å². The fraction of sp³-hybridized carbons (Fsp3) is 0.438. The van der Waals surface area contributed by atoms with Crippen molar-refractivity contribution in [2.45, 2.75) is 57.4 Å². The van der Waals surface area contributed by atoms with Crippen LogP contribution in [0.1, 0.15) is 59.5 Å². The van der Waals surface area contributed by atoms with E-state index in [0.29, 0.717) is 49.4 Å². The Morgan fingerprint density at radius 2 is 1.85 bits per heavy atom. The number of nitrogens with one attached hydrogen (secondary N) is 1. The normalized spacial score (nSPS) is 19.3. The van der Waals surface area contributed by atoms with Crippen molar-refractivity contribution in [2.24, 2.45) is 0 Å². The molecule has 0 radical (unpaired) electrons. The van der Waals surface area contributed by atoms with Crippen molar-refractivity contribution in [2.75, 3.05) is 36.3 Å². The predicted molar refractivity (Wildman–Crippen MR) is 167 cm³/mol. The van der Waals surface area contributed by atoms with Gasteiger partial charge in [0.1, 0.15) is 34.8 Å². The number of carbonyl (C=O) groups is 2. The minimum Gasteiger partial charge on any atom is -0.501 e. The number of amides is 2. The summed E-state index contributed by atoms with van der Waals surface area (Å²) >= 11 is 0. The van der Waals surface area contributed by atoms with Crippen LogP contribution >= 0.6 is 0 Å². The van der Waals surface area contributed by atoms with E-state index < -0.39 is 51.4 Å². The van der Waals surface area contributed by atoms with Crippen LogP contribution in [-0.2, 0) is 45.8 Å². The first-order valence-corrected chi connectivity index (χ1v) is 16.7. The quantitative estimate of drug-likeness (QED) is 0.413. The molecule has 2 fully saturated rings. The van der Waals surface area contributed by atoms with E-state index in [2.05, 4.69) is 10.3 Å². The van der Waals surface area contributed by atoms with E-state index >= 15 is 0 Å². The third-order valence-electron chi connectivity index (χ3n) is 8.64. The molecule has 3 aliphatic heterocycles. The molecule has 1 spiro atoms. The highest BCUT2D eigenvalue weighted by Crippen LogP contribution is 2.38. The van der Waals surface area contributed by atoms with Crippen LogP contribution in [0, 0.1) is 5.82 Å². The van der Waals surface area contributed by atoms with Gasteiger partial charge in [0.2, 0.25) is 5.75 Å². The first kappa shape index (κ1) is 31.7. The maximum absolute atomic E-state index is 14.2. The average molecular weight is 654 g/mol. The van der Waals surface area contributed by atoms with Gasteiger partial charge in [-0.3, -0.25) is 18.5 Å². The molecule has 12 nitrogen and oxygen atoms in total. The Morgan fingerprint density at radius 1 is 1.07 bits per heavy atom. The summed E-state index contributed by atoms with van der Waals surface area (Å²) in [6.07, 6.45) is 2.26. The van der Waals surface area contributed by atoms with Gasteiger partial charge >= 0.3 is 6.09 Å². The zero-order chi connectivity index (χ0) is 32.3. The molecule has 1 unspecified atom stereocenters. The molecule has 4 heterocycles. The largest absolute Gasteiger partial charge is 0.501 e. The summed E-state index contributed by atoms with van der Waals surface area (Å²) in [6.45, 7) is 1.68. The number of hydrogen-bond acceptors (Lipinski definition) is 8. The Bertz CT molecular complexity index is 1690. The van der Waals surface area contributed by atoms with Crippen LogP contribution in [0.15, 0.2) is 53.3 Å². The number of halogens is 1. The third-order valence-corrected chi connectivity index (χ3v) is 10.1. The van der Waals surface area contributed by atoms with Crippen molar-refractivity contribution in [3.05, 3.63) is 87.3 Å². The molecule has 2 N–H and O–H groups in total. The minimum atomic E-state index is -1.32. The molecule has 1 atom stereocenters. The maximum Gasteiger partial charge on any atom is 0.410 e. The summed E-state index contributed by atoms with van der Waals surface area (Å²) in [7, 11) is -1.32. The number of aromatic hydroxyl groups is 1. The van der Waals surface area contributed by atoms with E-state index in [4.69, 9.17) is 9.47 Å². The van der Waals surface area contributed by atoms with Crippen molar-refractivity contribution in [1.29, 1.82) is 0 Å². The number of fused-ring (bicyclic) bond motifs is 2. The molecule has 3 aliphatic rings. The van der Waals surface area contributed by atoms with Crippen LogP contribution in [0.25, 0.3) is 0 Å². The molecule has 0 bridgehead atoms. The molecular formula is C32H36FN5O7S. The maximum atomic E-state index is 14.2. The Labute approximate surface area is 267 Å². The Kier molecular flexibility index (Phi) is 9.36. The SMILES string of the molecule is O=C(NCc1ccc(F)cc1N1CCCCS1=O)c1nc2n(c(=O)c1O)CCCOC21CCN(C(=O)OCc2ccccc2)CC1. The van der Waals surface area contributed by atoms with E-state index in [-0.39, 0.29) is 38.6 Å². The van der Waals surface area contributed by atoms with Gasteiger partial charge in [0.05, 0.1) is 5.69 Å². The predicted octanol–water partition coefficient (Wildman–Crippen LogP) is 3.33. The molecule has 3 aromatic rings. The number of rotatable bonds is 6. The molecule has 2 aromatic carbocycles. The summed E-state index contributed by atoms with van der Waals surface area (Å²) in [5.74, 6) is -1.38. The first-order chi connectivity index (χ1) is 22.3. The highest BCUT2D eigenvalue weighted by molar-refractivity contribution is 7.86. The minimum absolute atomic E-state index is 0.0800.